The summed E-state index contributed by atoms with van der Waals surface area (Å²) in [5.41, 5.74) is 2.41. The van der Waals surface area contributed by atoms with Crippen molar-refractivity contribution in [2.24, 2.45) is 0 Å². The van der Waals surface area contributed by atoms with Crippen molar-refractivity contribution in [3.05, 3.63) is 29.3 Å². The van der Waals surface area contributed by atoms with E-state index < -0.39 is 21.5 Å². The molecular weight excluding hydrogens is 359 g/mol. The fourth-order valence-electron chi connectivity index (χ4n) is 2.77. The fourth-order valence-corrected chi connectivity index (χ4v) is 3.30. The summed E-state index contributed by atoms with van der Waals surface area (Å²) in [4.78, 5) is 0. The first-order valence-electron chi connectivity index (χ1n) is 9.52. The Labute approximate surface area is 182 Å². The fraction of sp³-hybridized carbons (Fsp3) is 0.700. The van der Waals surface area contributed by atoms with E-state index in [1.54, 1.807) is 6.92 Å². The molecule has 0 radical (unpaired) electrons. The Morgan fingerprint density at radius 2 is 1.58 bits per heavy atom. The van der Waals surface area contributed by atoms with Crippen molar-refractivity contribution in [3.8, 4) is 5.75 Å². The molecule has 0 fully saturated rings. The van der Waals surface area contributed by atoms with E-state index in [1.807, 2.05) is 6.07 Å². The molecule has 0 aliphatic carbocycles. The normalized spacial score (nSPS) is 13.7. The molecule has 0 saturated carbocycles. The van der Waals surface area contributed by atoms with Gasteiger partial charge in [-0.2, -0.15) is 0 Å². The minimum absolute atomic E-state index is 0. The molecule has 144 valence electrons. The summed E-state index contributed by atoms with van der Waals surface area (Å²) in [5.74, 6) is 0.707. The average Bonchev–Trinajstić information content (AvgIpc) is 2.55. The molecule has 0 aliphatic heterocycles. The third-order valence-corrected chi connectivity index (χ3v) is 5.97. The summed E-state index contributed by atoms with van der Waals surface area (Å²) in [6.07, 6.45) is 8.27. The van der Waals surface area contributed by atoms with Crippen LogP contribution < -0.4 is 34.3 Å². The van der Waals surface area contributed by atoms with E-state index in [0.29, 0.717) is 5.75 Å². The molecule has 26 heavy (non-hydrogen) atoms. The summed E-state index contributed by atoms with van der Waals surface area (Å²) in [7, 11) is -4.35. The van der Waals surface area contributed by atoms with E-state index in [1.165, 1.54) is 31.7 Å². The summed E-state index contributed by atoms with van der Waals surface area (Å²) in [6.45, 7) is 7.41. The van der Waals surface area contributed by atoms with Crippen LogP contribution in [0.5, 0.6) is 5.75 Å². The number of ether oxygens (including phenoxy) is 1. The maximum atomic E-state index is 11.2. The van der Waals surface area contributed by atoms with Crippen LogP contribution in [-0.4, -0.2) is 24.3 Å². The quantitative estimate of drug-likeness (QED) is 0.309. The van der Waals surface area contributed by atoms with Crippen molar-refractivity contribution >= 4 is 10.1 Å². The van der Waals surface area contributed by atoms with Crippen LogP contribution in [0.3, 0.4) is 0 Å². The second-order valence-electron chi connectivity index (χ2n) is 6.88. The molecule has 1 rings (SSSR count). The van der Waals surface area contributed by atoms with Gasteiger partial charge in [0.05, 0.1) is 5.25 Å². The van der Waals surface area contributed by atoms with Crippen LogP contribution in [0.4, 0.5) is 0 Å². The molecule has 4 nitrogen and oxygen atoms in total. The second kappa shape index (κ2) is 13.2. The Morgan fingerprint density at radius 1 is 1.00 bits per heavy atom. The van der Waals surface area contributed by atoms with Crippen molar-refractivity contribution < 1.29 is 47.3 Å². The molecular formula is C20H33NaO4S. The summed E-state index contributed by atoms with van der Waals surface area (Å²) >= 11 is 0. The summed E-state index contributed by atoms with van der Waals surface area (Å²) < 4.78 is 39.5. The van der Waals surface area contributed by atoms with Crippen molar-refractivity contribution in [2.75, 3.05) is 0 Å². The number of hydrogen-bond donors (Lipinski definition) is 0. The van der Waals surface area contributed by atoms with Crippen LogP contribution >= 0.6 is 0 Å². The molecule has 0 aromatic heterocycles. The Balaban J connectivity index is 0.00000625. The third kappa shape index (κ3) is 9.23. The van der Waals surface area contributed by atoms with Crippen molar-refractivity contribution in [1.29, 1.82) is 0 Å². The SMILES string of the molecule is CCCCCc1ccc(OC(C)C(C)S(=O)(=O)[O-])c(CCCCC)c1.[Na+]. The first kappa shape index (κ1) is 25.9. The van der Waals surface area contributed by atoms with E-state index >= 15 is 0 Å². The number of hydrogen-bond acceptors (Lipinski definition) is 4. The van der Waals surface area contributed by atoms with E-state index in [9.17, 15) is 13.0 Å². The number of benzene rings is 1. The van der Waals surface area contributed by atoms with Gasteiger partial charge in [0, 0.05) is 0 Å². The van der Waals surface area contributed by atoms with Gasteiger partial charge in [-0.3, -0.25) is 0 Å². The number of unbranched alkanes of at least 4 members (excludes halogenated alkanes) is 4. The van der Waals surface area contributed by atoms with E-state index in [4.69, 9.17) is 4.74 Å². The Kier molecular flexibility index (Phi) is 13.1. The van der Waals surface area contributed by atoms with Crippen LogP contribution in [0, 0.1) is 0 Å². The molecule has 0 heterocycles. The zero-order chi connectivity index (χ0) is 18.9. The first-order chi connectivity index (χ1) is 11.8. The largest absolute Gasteiger partial charge is 1.00 e. The van der Waals surface area contributed by atoms with Crippen molar-refractivity contribution in [3.63, 3.8) is 0 Å². The molecule has 6 heteroatoms. The molecule has 2 atom stereocenters. The zero-order valence-corrected chi connectivity index (χ0v) is 19.9. The van der Waals surface area contributed by atoms with Gasteiger partial charge in [0.2, 0.25) is 0 Å². The molecule has 0 amide bonds. The Hall–Kier alpha value is -0.0700. The van der Waals surface area contributed by atoms with E-state index in [-0.39, 0.29) is 29.6 Å². The number of rotatable bonds is 12. The minimum Gasteiger partial charge on any atom is -0.748 e. The summed E-state index contributed by atoms with van der Waals surface area (Å²) in [6, 6.07) is 6.17. The van der Waals surface area contributed by atoms with E-state index in [0.717, 1.165) is 37.7 Å². The van der Waals surface area contributed by atoms with Crippen molar-refractivity contribution in [2.45, 2.75) is 90.4 Å². The van der Waals surface area contributed by atoms with Crippen LogP contribution in [0.2, 0.25) is 0 Å². The maximum absolute atomic E-state index is 11.2. The molecule has 0 aliphatic rings. The topological polar surface area (TPSA) is 66.4 Å². The minimum atomic E-state index is -4.35. The Bertz CT molecular complexity index is 616. The van der Waals surface area contributed by atoms with Crippen LogP contribution in [-0.2, 0) is 23.0 Å². The molecule has 0 bridgehead atoms. The van der Waals surface area contributed by atoms with Gasteiger partial charge >= 0.3 is 29.6 Å². The monoisotopic (exact) mass is 392 g/mol. The molecule has 1 aromatic rings. The van der Waals surface area contributed by atoms with Gasteiger partial charge in [-0.15, -0.1) is 0 Å². The van der Waals surface area contributed by atoms with Gasteiger partial charge in [-0.05, 0) is 56.7 Å². The molecule has 2 unspecified atom stereocenters. The standard InChI is InChI=1S/C20H34O4S.Na/c1-5-7-9-11-18-13-14-20(19(15-18)12-10-8-6-2)24-16(3)17(4)25(21,22)23;/h13-17H,5-12H2,1-4H3,(H,21,22,23);/q;+1/p-1. The van der Waals surface area contributed by atoms with Gasteiger partial charge in [-0.1, -0.05) is 51.7 Å². The molecule has 1 aromatic carbocycles. The summed E-state index contributed by atoms with van der Waals surface area (Å²) in [5, 5.41) is -1.07. The Morgan fingerprint density at radius 3 is 2.12 bits per heavy atom. The first-order valence-corrected chi connectivity index (χ1v) is 11.0. The second-order valence-corrected chi connectivity index (χ2v) is 8.61. The van der Waals surface area contributed by atoms with Gasteiger partial charge in [0.1, 0.15) is 22.0 Å². The predicted octanol–water partition coefficient (Wildman–Crippen LogP) is 1.86. The zero-order valence-electron chi connectivity index (χ0n) is 17.1. The van der Waals surface area contributed by atoms with Gasteiger partial charge < -0.3 is 9.29 Å². The maximum Gasteiger partial charge on any atom is 1.00 e. The van der Waals surface area contributed by atoms with Crippen molar-refractivity contribution in [1.82, 2.24) is 0 Å². The van der Waals surface area contributed by atoms with Crippen LogP contribution in [0.1, 0.15) is 77.3 Å². The van der Waals surface area contributed by atoms with E-state index in [2.05, 4.69) is 26.0 Å². The van der Waals surface area contributed by atoms with Crippen LogP contribution in [0.15, 0.2) is 18.2 Å². The molecule has 0 spiro atoms. The third-order valence-electron chi connectivity index (χ3n) is 4.67. The average molecular weight is 393 g/mol. The van der Waals surface area contributed by atoms with Crippen LogP contribution in [0.25, 0.3) is 0 Å². The van der Waals surface area contributed by atoms with Gasteiger partial charge in [-0.25, -0.2) is 8.42 Å². The van der Waals surface area contributed by atoms with Gasteiger partial charge in [0.25, 0.3) is 0 Å². The van der Waals surface area contributed by atoms with Gasteiger partial charge in [0.15, 0.2) is 0 Å². The smallest absolute Gasteiger partial charge is 0.748 e. The number of aryl methyl sites for hydroxylation is 2. The molecule has 0 saturated heterocycles. The molecule has 0 N–H and O–H groups in total. The predicted molar refractivity (Wildman–Crippen MR) is 102 cm³/mol.